The Morgan fingerprint density at radius 1 is 1.16 bits per heavy atom. The van der Waals surface area contributed by atoms with Crippen LogP contribution in [-0.4, -0.2) is 59.5 Å². The molecule has 1 aliphatic heterocycles. The van der Waals surface area contributed by atoms with Crippen molar-refractivity contribution < 1.29 is 14.7 Å². The number of carbonyl (C=O) groups excluding carboxylic acids is 1. The molecule has 1 saturated heterocycles. The number of rotatable bonds is 5. The number of hydrogen-bond acceptors (Lipinski definition) is 3. The highest BCUT2D eigenvalue weighted by Gasteiger charge is 2.47. The van der Waals surface area contributed by atoms with Crippen molar-refractivity contribution in [3.8, 4) is 0 Å². The summed E-state index contributed by atoms with van der Waals surface area (Å²) >= 11 is 0. The summed E-state index contributed by atoms with van der Waals surface area (Å²) in [7, 11) is 1.87. The van der Waals surface area contributed by atoms with Gasteiger partial charge in [0.05, 0.1) is 12.0 Å². The molecule has 136 valence electrons. The molecule has 1 saturated carbocycles. The predicted octanol–water partition coefficient (Wildman–Crippen LogP) is 2.51. The van der Waals surface area contributed by atoms with Gasteiger partial charge in [-0.3, -0.25) is 14.5 Å². The number of amides is 1. The van der Waals surface area contributed by atoms with Crippen molar-refractivity contribution in [2.24, 2.45) is 0 Å². The maximum Gasteiger partial charge on any atom is 0.317 e. The van der Waals surface area contributed by atoms with Crippen LogP contribution in [0.1, 0.15) is 44.1 Å². The van der Waals surface area contributed by atoms with Gasteiger partial charge in [-0.1, -0.05) is 36.8 Å². The minimum absolute atomic E-state index is 0.0621. The fourth-order valence-electron chi connectivity index (χ4n) is 4.28. The van der Waals surface area contributed by atoms with Gasteiger partial charge in [-0.15, -0.1) is 0 Å². The lowest BCUT2D eigenvalue weighted by Crippen LogP contribution is -2.51. The van der Waals surface area contributed by atoms with E-state index in [0.717, 1.165) is 57.2 Å². The predicted molar refractivity (Wildman–Crippen MR) is 96.5 cm³/mol. The van der Waals surface area contributed by atoms with Gasteiger partial charge in [-0.25, -0.2) is 0 Å². The zero-order chi connectivity index (χ0) is 17.9. The minimum Gasteiger partial charge on any atom is -0.480 e. The van der Waals surface area contributed by atoms with Crippen LogP contribution >= 0.6 is 0 Å². The summed E-state index contributed by atoms with van der Waals surface area (Å²) in [6.07, 6.45) is 5.72. The van der Waals surface area contributed by atoms with Crippen molar-refractivity contribution in [3.05, 3.63) is 35.9 Å². The monoisotopic (exact) mass is 344 g/mol. The first-order chi connectivity index (χ1) is 12.0. The van der Waals surface area contributed by atoms with Gasteiger partial charge in [-0.2, -0.15) is 0 Å². The van der Waals surface area contributed by atoms with Gasteiger partial charge < -0.3 is 10.0 Å². The lowest BCUT2D eigenvalue weighted by atomic mass is 9.63. The molecule has 0 unspecified atom stereocenters. The van der Waals surface area contributed by atoms with Gasteiger partial charge in [-0.05, 0) is 44.7 Å². The van der Waals surface area contributed by atoms with Crippen LogP contribution in [0.3, 0.4) is 0 Å². The van der Waals surface area contributed by atoms with Crippen molar-refractivity contribution >= 4 is 11.9 Å². The zero-order valence-corrected chi connectivity index (χ0v) is 15.0. The molecule has 0 spiro atoms. The van der Waals surface area contributed by atoms with E-state index in [1.165, 1.54) is 0 Å². The smallest absolute Gasteiger partial charge is 0.317 e. The molecule has 5 nitrogen and oxygen atoms in total. The Labute approximate surface area is 149 Å². The Hall–Kier alpha value is -1.88. The second-order valence-corrected chi connectivity index (χ2v) is 7.49. The summed E-state index contributed by atoms with van der Waals surface area (Å²) in [5.74, 6) is -0.524. The summed E-state index contributed by atoms with van der Waals surface area (Å²) in [6, 6.07) is 10.4. The molecule has 1 aliphatic carbocycles. The van der Waals surface area contributed by atoms with Gasteiger partial charge in [0.25, 0.3) is 0 Å². The Kier molecular flexibility index (Phi) is 5.42. The Morgan fingerprint density at radius 2 is 1.88 bits per heavy atom. The highest BCUT2D eigenvalue weighted by Crippen LogP contribution is 2.45. The van der Waals surface area contributed by atoms with Crippen LogP contribution in [0.2, 0.25) is 0 Å². The molecular weight excluding hydrogens is 316 g/mol. The molecule has 0 bridgehead atoms. The van der Waals surface area contributed by atoms with Crippen molar-refractivity contribution in [2.75, 3.05) is 26.7 Å². The van der Waals surface area contributed by atoms with Crippen LogP contribution in [0.4, 0.5) is 0 Å². The number of carboxylic acids is 1. The normalized spacial score (nSPS) is 23.0. The molecular formula is C20H28N2O3. The van der Waals surface area contributed by atoms with E-state index < -0.39 is 5.97 Å². The number of likely N-dealkylation sites (N-methyl/N-ethyl adjacent to an activating group) is 1. The summed E-state index contributed by atoms with van der Waals surface area (Å²) < 4.78 is 0. The van der Waals surface area contributed by atoms with Gasteiger partial charge >= 0.3 is 5.97 Å². The molecule has 1 amide bonds. The van der Waals surface area contributed by atoms with E-state index in [4.69, 9.17) is 5.11 Å². The van der Waals surface area contributed by atoms with Crippen LogP contribution in [0.15, 0.2) is 30.3 Å². The third-order valence-corrected chi connectivity index (χ3v) is 5.94. The van der Waals surface area contributed by atoms with Gasteiger partial charge in [0.15, 0.2) is 0 Å². The topological polar surface area (TPSA) is 60.9 Å². The number of benzene rings is 1. The van der Waals surface area contributed by atoms with Gasteiger partial charge in [0.1, 0.15) is 0 Å². The second kappa shape index (κ2) is 7.56. The number of likely N-dealkylation sites (tertiary alicyclic amines) is 1. The van der Waals surface area contributed by atoms with Crippen LogP contribution in [-0.2, 0) is 15.0 Å². The molecule has 5 heteroatoms. The molecule has 0 aromatic heterocycles. The summed E-state index contributed by atoms with van der Waals surface area (Å²) in [4.78, 5) is 28.2. The second-order valence-electron chi connectivity index (χ2n) is 7.49. The zero-order valence-electron chi connectivity index (χ0n) is 15.0. The maximum absolute atomic E-state index is 13.3. The number of nitrogens with zero attached hydrogens (tertiary/aromatic N) is 2. The molecule has 25 heavy (non-hydrogen) atoms. The summed E-state index contributed by atoms with van der Waals surface area (Å²) in [5, 5.41) is 8.99. The Bertz CT molecular complexity index is 613. The minimum atomic E-state index is -0.794. The molecule has 2 fully saturated rings. The molecule has 1 heterocycles. The van der Waals surface area contributed by atoms with Gasteiger partial charge in [0.2, 0.25) is 5.91 Å². The number of hydrogen-bond donors (Lipinski definition) is 1. The molecule has 1 aromatic rings. The first-order valence-electron chi connectivity index (χ1n) is 9.30. The van der Waals surface area contributed by atoms with Crippen molar-refractivity contribution in [1.29, 1.82) is 0 Å². The summed E-state index contributed by atoms with van der Waals surface area (Å²) in [5.41, 5.74) is 0.823. The van der Waals surface area contributed by atoms with Crippen molar-refractivity contribution in [2.45, 2.75) is 50.0 Å². The van der Waals surface area contributed by atoms with Crippen molar-refractivity contribution in [1.82, 2.24) is 9.80 Å². The van der Waals surface area contributed by atoms with Gasteiger partial charge in [0, 0.05) is 19.1 Å². The van der Waals surface area contributed by atoms with Crippen LogP contribution in [0.5, 0.6) is 0 Å². The molecule has 3 rings (SSSR count). The Morgan fingerprint density at radius 3 is 2.48 bits per heavy atom. The number of carboxylic acid groups (broad SMARTS) is 1. The Balaban J connectivity index is 1.68. The fourth-order valence-corrected chi connectivity index (χ4v) is 4.28. The average Bonchev–Trinajstić information content (AvgIpc) is 2.80. The molecule has 1 N–H and O–H groups in total. The lowest BCUT2D eigenvalue weighted by molar-refractivity contribution is -0.141. The molecule has 2 aliphatic rings. The van der Waals surface area contributed by atoms with E-state index in [1.54, 1.807) is 0 Å². The summed E-state index contributed by atoms with van der Waals surface area (Å²) in [6.45, 7) is 1.57. The third kappa shape index (κ3) is 3.71. The standard InChI is InChI=1S/C20H28N2O3/c1-21(15-18(23)24)17-9-5-13-22(14-10-17)19(25)20(11-6-12-20)16-7-3-2-4-8-16/h2-4,7-8,17H,5-6,9-15H2,1H3,(H,23,24)/t17-/m1/s1. The van der Waals surface area contributed by atoms with Crippen LogP contribution in [0.25, 0.3) is 0 Å². The first kappa shape index (κ1) is 17.9. The van der Waals surface area contributed by atoms with E-state index in [1.807, 2.05) is 35.0 Å². The van der Waals surface area contributed by atoms with Crippen LogP contribution in [0, 0.1) is 0 Å². The SMILES string of the molecule is CN(CC(=O)O)[C@@H]1CCCN(C(=O)C2(c3ccccc3)CCC2)CC1. The van der Waals surface area contributed by atoms with E-state index >= 15 is 0 Å². The first-order valence-corrected chi connectivity index (χ1v) is 9.30. The fraction of sp³-hybridized carbons (Fsp3) is 0.600. The largest absolute Gasteiger partial charge is 0.480 e. The van der Waals surface area contributed by atoms with Crippen molar-refractivity contribution in [3.63, 3.8) is 0 Å². The average molecular weight is 344 g/mol. The number of aliphatic carboxylic acids is 1. The van der Waals surface area contributed by atoms with E-state index in [2.05, 4.69) is 12.1 Å². The van der Waals surface area contributed by atoms with E-state index in [0.29, 0.717) is 0 Å². The lowest BCUT2D eigenvalue weighted by Gasteiger charge is -2.44. The molecule has 1 aromatic carbocycles. The van der Waals surface area contributed by atoms with E-state index in [-0.39, 0.29) is 23.9 Å². The molecule has 0 radical (unpaired) electrons. The highest BCUT2D eigenvalue weighted by atomic mass is 16.4. The third-order valence-electron chi connectivity index (χ3n) is 5.94. The molecule has 1 atom stereocenters. The number of carbonyl (C=O) groups is 2. The quantitative estimate of drug-likeness (QED) is 0.891. The van der Waals surface area contributed by atoms with Crippen LogP contribution < -0.4 is 0 Å². The highest BCUT2D eigenvalue weighted by molar-refractivity contribution is 5.89. The maximum atomic E-state index is 13.3. The van der Waals surface area contributed by atoms with E-state index in [9.17, 15) is 9.59 Å².